The summed E-state index contributed by atoms with van der Waals surface area (Å²) in [7, 11) is -0.149. The van der Waals surface area contributed by atoms with E-state index in [0.717, 1.165) is 10.0 Å². The summed E-state index contributed by atoms with van der Waals surface area (Å²) in [4.78, 5) is 0. The highest BCUT2D eigenvalue weighted by Crippen LogP contribution is 2.41. The summed E-state index contributed by atoms with van der Waals surface area (Å²) < 4.78 is 26.4. The van der Waals surface area contributed by atoms with Crippen LogP contribution in [-0.4, -0.2) is 60.5 Å². The fourth-order valence-corrected chi connectivity index (χ4v) is 4.21. The zero-order valence-electron chi connectivity index (χ0n) is 11.6. The zero-order valence-corrected chi connectivity index (χ0v) is 13.2. The molecule has 0 atom stereocenters. The predicted molar refractivity (Wildman–Crippen MR) is 76.7 cm³/mol. The monoisotopic (exact) mass is 317 g/mol. The molecular weight excluding hydrogens is 298 g/mol. The lowest BCUT2D eigenvalue weighted by atomic mass is 10.2. The van der Waals surface area contributed by atoms with E-state index in [1.807, 2.05) is 0 Å². The van der Waals surface area contributed by atoms with Crippen LogP contribution < -0.4 is 5.32 Å². The Hall–Kier alpha value is -0.610. The van der Waals surface area contributed by atoms with Gasteiger partial charge in [-0.05, 0) is 12.8 Å². The number of aromatic nitrogens is 2. The summed E-state index contributed by atoms with van der Waals surface area (Å²) >= 11 is 1.67. The van der Waals surface area contributed by atoms with Crippen molar-refractivity contribution in [3.63, 3.8) is 0 Å². The van der Waals surface area contributed by atoms with E-state index in [-0.39, 0.29) is 6.04 Å². The second kappa shape index (κ2) is 5.30. The number of nitrogens with zero attached hydrogens (tertiary/aromatic N) is 4. The van der Waals surface area contributed by atoms with Crippen molar-refractivity contribution in [2.45, 2.75) is 31.3 Å². The van der Waals surface area contributed by atoms with Crippen LogP contribution in [0.3, 0.4) is 0 Å². The molecule has 0 amide bonds. The molecule has 1 aliphatic carbocycles. The molecule has 3 rings (SSSR count). The van der Waals surface area contributed by atoms with Crippen LogP contribution in [0.4, 0.5) is 0 Å². The fourth-order valence-electron chi connectivity index (χ4n) is 2.05. The van der Waals surface area contributed by atoms with Gasteiger partial charge in [-0.1, -0.05) is 11.3 Å². The number of nitrogens with one attached hydrogen (secondary N) is 1. The third kappa shape index (κ3) is 2.86. The van der Waals surface area contributed by atoms with E-state index in [4.69, 9.17) is 0 Å². The lowest BCUT2D eigenvalue weighted by molar-refractivity contribution is 0.215. The van der Waals surface area contributed by atoms with Gasteiger partial charge < -0.3 is 5.32 Å². The Balaban J connectivity index is 1.44. The van der Waals surface area contributed by atoms with Crippen LogP contribution in [-0.2, 0) is 16.8 Å². The lowest BCUT2D eigenvalue weighted by Gasteiger charge is -2.39. The van der Waals surface area contributed by atoms with Gasteiger partial charge in [0.2, 0.25) is 0 Å². The van der Waals surface area contributed by atoms with Crippen molar-refractivity contribution in [2.75, 3.05) is 27.2 Å². The van der Waals surface area contributed by atoms with E-state index in [1.165, 1.54) is 21.5 Å². The minimum atomic E-state index is -3.25. The molecule has 1 N–H and O–H groups in total. The normalized spacial score (nSPS) is 21.4. The molecule has 1 aromatic rings. The molecule has 1 saturated carbocycles. The first-order valence-corrected chi connectivity index (χ1v) is 8.91. The quantitative estimate of drug-likeness (QED) is 0.799. The smallest absolute Gasteiger partial charge is 0.281 e. The van der Waals surface area contributed by atoms with Crippen molar-refractivity contribution in [1.82, 2.24) is 24.1 Å². The summed E-state index contributed by atoms with van der Waals surface area (Å²) in [6.45, 7) is 1.72. The highest BCUT2D eigenvalue weighted by atomic mass is 32.2. The molecule has 0 spiro atoms. The highest BCUT2D eigenvalue weighted by Gasteiger charge is 2.36. The zero-order chi connectivity index (χ0) is 14.3. The van der Waals surface area contributed by atoms with Gasteiger partial charge >= 0.3 is 0 Å². The van der Waals surface area contributed by atoms with Crippen LogP contribution in [0.2, 0.25) is 0 Å². The Bertz CT molecular complexity index is 575. The Kier molecular flexibility index (Phi) is 3.80. The minimum Gasteiger partial charge on any atom is -0.305 e. The molecule has 1 aliphatic heterocycles. The molecule has 1 saturated heterocycles. The van der Waals surface area contributed by atoms with E-state index in [9.17, 15) is 8.42 Å². The first-order valence-electron chi connectivity index (χ1n) is 6.70. The van der Waals surface area contributed by atoms with Crippen LogP contribution in [0.25, 0.3) is 0 Å². The number of hydrogen-bond donors (Lipinski definition) is 1. The van der Waals surface area contributed by atoms with Crippen LogP contribution in [0, 0.1) is 0 Å². The molecule has 0 aromatic carbocycles. The lowest BCUT2D eigenvalue weighted by Crippen LogP contribution is -2.61. The topological polar surface area (TPSA) is 78.4 Å². The summed E-state index contributed by atoms with van der Waals surface area (Å²) in [5, 5.41) is 13.8. The Morgan fingerprint density at radius 3 is 2.65 bits per heavy atom. The molecule has 2 aliphatic rings. The SMILES string of the molecule is CN(C)S(=O)(=O)N1CC(NCc2nnc(C3CC3)s2)C1. The maximum Gasteiger partial charge on any atom is 0.281 e. The maximum absolute atomic E-state index is 11.8. The van der Waals surface area contributed by atoms with Crippen LogP contribution >= 0.6 is 11.3 Å². The van der Waals surface area contributed by atoms with Crippen molar-refractivity contribution >= 4 is 21.5 Å². The largest absolute Gasteiger partial charge is 0.305 e. The van der Waals surface area contributed by atoms with Crippen molar-refractivity contribution in [1.29, 1.82) is 0 Å². The van der Waals surface area contributed by atoms with Gasteiger partial charge in [0, 0.05) is 39.1 Å². The third-order valence-electron chi connectivity index (χ3n) is 3.59. The number of rotatable bonds is 6. The van der Waals surface area contributed by atoms with E-state index in [0.29, 0.717) is 25.6 Å². The molecule has 9 heteroatoms. The molecular formula is C11H19N5O2S2. The van der Waals surface area contributed by atoms with Gasteiger partial charge in [-0.15, -0.1) is 10.2 Å². The van der Waals surface area contributed by atoms with E-state index in [1.54, 1.807) is 25.4 Å². The van der Waals surface area contributed by atoms with Gasteiger partial charge in [0.25, 0.3) is 10.2 Å². The first kappa shape index (κ1) is 14.3. The van der Waals surface area contributed by atoms with Gasteiger partial charge in [0.05, 0.1) is 6.54 Å². The van der Waals surface area contributed by atoms with Crippen LogP contribution in [0.15, 0.2) is 0 Å². The summed E-state index contributed by atoms with van der Waals surface area (Å²) in [6, 6.07) is 0.206. The van der Waals surface area contributed by atoms with Crippen molar-refractivity contribution in [2.24, 2.45) is 0 Å². The van der Waals surface area contributed by atoms with E-state index in [2.05, 4.69) is 15.5 Å². The second-order valence-corrected chi connectivity index (χ2v) is 8.73. The van der Waals surface area contributed by atoms with Crippen LogP contribution in [0.1, 0.15) is 28.8 Å². The number of hydrogen-bond acceptors (Lipinski definition) is 6. The third-order valence-corrected chi connectivity index (χ3v) is 6.55. The van der Waals surface area contributed by atoms with Gasteiger partial charge in [-0.3, -0.25) is 0 Å². The molecule has 1 aromatic heterocycles. The molecule has 20 heavy (non-hydrogen) atoms. The molecule has 0 radical (unpaired) electrons. The molecule has 2 heterocycles. The average Bonchev–Trinajstić information content (AvgIpc) is 3.07. The van der Waals surface area contributed by atoms with Crippen molar-refractivity contribution < 1.29 is 8.42 Å². The summed E-state index contributed by atoms with van der Waals surface area (Å²) in [6.07, 6.45) is 2.48. The van der Waals surface area contributed by atoms with Gasteiger partial charge in [0.15, 0.2) is 0 Å². The van der Waals surface area contributed by atoms with Crippen molar-refractivity contribution in [3.05, 3.63) is 10.0 Å². The maximum atomic E-state index is 11.8. The fraction of sp³-hybridized carbons (Fsp3) is 0.818. The molecule has 0 unspecified atom stereocenters. The van der Waals surface area contributed by atoms with Gasteiger partial charge in [-0.2, -0.15) is 17.0 Å². The van der Waals surface area contributed by atoms with Gasteiger partial charge in [-0.25, -0.2) is 0 Å². The van der Waals surface area contributed by atoms with Gasteiger partial charge in [0.1, 0.15) is 10.0 Å². The molecule has 0 bridgehead atoms. The molecule has 7 nitrogen and oxygen atoms in total. The Morgan fingerprint density at radius 1 is 1.35 bits per heavy atom. The summed E-state index contributed by atoms with van der Waals surface area (Å²) in [5.41, 5.74) is 0. The Labute approximate surface area is 123 Å². The minimum absolute atomic E-state index is 0.206. The van der Waals surface area contributed by atoms with E-state index < -0.39 is 10.2 Å². The van der Waals surface area contributed by atoms with Crippen molar-refractivity contribution in [3.8, 4) is 0 Å². The molecule has 2 fully saturated rings. The molecule has 112 valence electrons. The standard InChI is InChI=1S/C11H19N5O2S2/c1-15(2)20(17,18)16-6-9(7-16)12-5-10-13-14-11(19-10)8-3-4-8/h8-9,12H,3-7H2,1-2H3. The predicted octanol–water partition coefficient (Wildman–Crippen LogP) is -0.00430. The van der Waals surface area contributed by atoms with Crippen LogP contribution in [0.5, 0.6) is 0 Å². The average molecular weight is 317 g/mol. The summed E-state index contributed by atoms with van der Waals surface area (Å²) in [5.74, 6) is 0.644. The van der Waals surface area contributed by atoms with E-state index >= 15 is 0 Å². The highest BCUT2D eigenvalue weighted by molar-refractivity contribution is 7.86. The Morgan fingerprint density at radius 2 is 2.05 bits per heavy atom. The second-order valence-electron chi connectivity index (χ2n) is 5.49. The first-order chi connectivity index (χ1) is 9.46.